The summed E-state index contributed by atoms with van der Waals surface area (Å²) < 4.78 is 35.6. The van der Waals surface area contributed by atoms with Crippen LogP contribution in [0.4, 0.5) is 18.0 Å². The van der Waals surface area contributed by atoms with Crippen LogP contribution in [0.1, 0.15) is 18.5 Å². The molecular formula is C11H11F3N2O2. The molecule has 0 bridgehead atoms. The Balaban J connectivity index is 2.54. The fourth-order valence-corrected chi connectivity index (χ4v) is 1.23. The molecular weight excluding hydrogens is 249 g/mol. The number of hydrogen-bond donors (Lipinski definition) is 2. The summed E-state index contributed by atoms with van der Waals surface area (Å²) in [6.07, 6.45) is -5.08. The summed E-state index contributed by atoms with van der Waals surface area (Å²) in [6.45, 7) is 1.59. The van der Waals surface area contributed by atoms with E-state index < -0.39 is 24.2 Å². The average molecular weight is 260 g/mol. The number of imide groups is 1. The predicted octanol–water partition coefficient (Wildman–Crippen LogP) is 2.14. The van der Waals surface area contributed by atoms with E-state index in [-0.39, 0.29) is 0 Å². The zero-order valence-electron chi connectivity index (χ0n) is 9.41. The number of alkyl halides is 3. The SMILES string of the molecule is C[C@@H](NC(=O)NC(=O)C(F)(F)F)c1ccccc1. The third-order valence-electron chi connectivity index (χ3n) is 2.13. The summed E-state index contributed by atoms with van der Waals surface area (Å²) in [4.78, 5) is 21.6. The smallest absolute Gasteiger partial charge is 0.331 e. The molecule has 18 heavy (non-hydrogen) atoms. The fourth-order valence-electron chi connectivity index (χ4n) is 1.23. The normalized spacial score (nSPS) is 12.7. The Kier molecular flexibility index (Phi) is 4.30. The molecule has 0 aliphatic carbocycles. The van der Waals surface area contributed by atoms with Crippen molar-refractivity contribution in [3.05, 3.63) is 35.9 Å². The molecule has 0 aromatic heterocycles. The van der Waals surface area contributed by atoms with Gasteiger partial charge in [0.25, 0.3) is 0 Å². The standard InChI is InChI=1S/C11H11F3N2O2/c1-7(8-5-3-2-4-6-8)15-10(18)16-9(17)11(12,13)14/h2-7H,1H3,(H2,15,16,17,18)/t7-/m1/s1. The Labute approximate surface area is 101 Å². The zero-order chi connectivity index (χ0) is 13.8. The van der Waals surface area contributed by atoms with Crippen LogP contribution in [0.3, 0.4) is 0 Å². The first-order valence-electron chi connectivity index (χ1n) is 5.04. The molecule has 1 atom stereocenters. The number of carbonyl (C=O) groups excluding carboxylic acids is 2. The highest BCUT2D eigenvalue weighted by molar-refractivity contribution is 5.97. The molecule has 0 aliphatic heterocycles. The first kappa shape index (κ1) is 14.0. The number of urea groups is 1. The molecule has 7 heteroatoms. The highest BCUT2D eigenvalue weighted by Gasteiger charge is 2.39. The van der Waals surface area contributed by atoms with Crippen molar-refractivity contribution in [3.63, 3.8) is 0 Å². The minimum Gasteiger partial charge on any atom is -0.331 e. The molecule has 0 unspecified atom stereocenters. The summed E-state index contributed by atoms with van der Waals surface area (Å²) >= 11 is 0. The van der Waals surface area contributed by atoms with E-state index in [1.807, 2.05) is 0 Å². The van der Waals surface area contributed by atoms with Gasteiger partial charge < -0.3 is 5.32 Å². The average Bonchev–Trinajstić information content (AvgIpc) is 2.28. The lowest BCUT2D eigenvalue weighted by Crippen LogP contribution is -2.46. The van der Waals surface area contributed by atoms with E-state index in [0.29, 0.717) is 5.56 Å². The lowest BCUT2D eigenvalue weighted by molar-refractivity contribution is -0.172. The van der Waals surface area contributed by atoms with Gasteiger partial charge in [-0.3, -0.25) is 10.1 Å². The highest BCUT2D eigenvalue weighted by Crippen LogP contribution is 2.14. The maximum atomic E-state index is 11.9. The van der Waals surface area contributed by atoms with Crippen molar-refractivity contribution < 1.29 is 22.8 Å². The highest BCUT2D eigenvalue weighted by atomic mass is 19.4. The number of benzene rings is 1. The van der Waals surface area contributed by atoms with Gasteiger partial charge in [0.15, 0.2) is 0 Å². The largest absolute Gasteiger partial charge is 0.471 e. The van der Waals surface area contributed by atoms with Gasteiger partial charge in [-0.05, 0) is 12.5 Å². The van der Waals surface area contributed by atoms with Crippen molar-refractivity contribution in [2.45, 2.75) is 19.1 Å². The molecule has 98 valence electrons. The van der Waals surface area contributed by atoms with Crippen LogP contribution in [0.2, 0.25) is 0 Å². The van der Waals surface area contributed by atoms with Gasteiger partial charge in [-0.25, -0.2) is 4.79 Å². The summed E-state index contributed by atoms with van der Waals surface area (Å²) in [7, 11) is 0. The molecule has 1 rings (SSSR count). The second-order valence-electron chi connectivity index (χ2n) is 3.56. The minimum absolute atomic E-state index is 0.507. The Bertz CT molecular complexity index is 432. The van der Waals surface area contributed by atoms with Gasteiger partial charge in [0.2, 0.25) is 0 Å². The van der Waals surface area contributed by atoms with Crippen LogP contribution >= 0.6 is 0 Å². The maximum absolute atomic E-state index is 11.9. The summed E-state index contributed by atoms with van der Waals surface area (Å²) in [5.74, 6) is -2.29. The van der Waals surface area contributed by atoms with Gasteiger partial charge in [-0.15, -0.1) is 0 Å². The fraction of sp³-hybridized carbons (Fsp3) is 0.273. The molecule has 1 aromatic carbocycles. The van der Waals surface area contributed by atoms with Crippen LogP contribution < -0.4 is 10.6 Å². The third kappa shape index (κ3) is 4.08. The van der Waals surface area contributed by atoms with E-state index in [0.717, 1.165) is 0 Å². The maximum Gasteiger partial charge on any atom is 0.471 e. The Morgan fingerprint density at radius 3 is 2.22 bits per heavy atom. The van der Waals surface area contributed by atoms with E-state index in [4.69, 9.17) is 0 Å². The molecule has 3 amide bonds. The van der Waals surface area contributed by atoms with Gasteiger partial charge in [-0.2, -0.15) is 13.2 Å². The van der Waals surface area contributed by atoms with Gasteiger partial charge in [-0.1, -0.05) is 30.3 Å². The van der Waals surface area contributed by atoms with Crippen LogP contribution in [0, 0.1) is 0 Å². The number of halogens is 3. The van der Waals surface area contributed by atoms with E-state index in [1.54, 1.807) is 37.3 Å². The summed E-state index contributed by atoms with van der Waals surface area (Å²) in [5.41, 5.74) is 0.715. The van der Waals surface area contributed by atoms with Crippen molar-refractivity contribution in [1.29, 1.82) is 0 Å². The predicted molar refractivity (Wildman–Crippen MR) is 57.6 cm³/mol. The number of rotatable bonds is 2. The van der Waals surface area contributed by atoms with Crippen LogP contribution in [0.15, 0.2) is 30.3 Å². The molecule has 0 spiro atoms. The van der Waals surface area contributed by atoms with E-state index in [2.05, 4.69) is 5.32 Å². The number of hydrogen-bond acceptors (Lipinski definition) is 2. The molecule has 0 aliphatic rings. The lowest BCUT2D eigenvalue weighted by atomic mass is 10.1. The van der Waals surface area contributed by atoms with Crippen molar-refractivity contribution in [3.8, 4) is 0 Å². The Morgan fingerprint density at radius 1 is 1.17 bits per heavy atom. The van der Waals surface area contributed by atoms with Crippen LogP contribution in [0.5, 0.6) is 0 Å². The molecule has 0 saturated heterocycles. The van der Waals surface area contributed by atoms with Crippen LogP contribution in [0.25, 0.3) is 0 Å². The molecule has 0 fully saturated rings. The summed E-state index contributed by atoms with van der Waals surface area (Å²) in [6, 6.07) is 6.94. The third-order valence-corrected chi connectivity index (χ3v) is 2.13. The number of amides is 3. The van der Waals surface area contributed by atoms with Crippen LogP contribution in [-0.2, 0) is 4.79 Å². The Hall–Kier alpha value is -2.05. The van der Waals surface area contributed by atoms with E-state index >= 15 is 0 Å². The molecule has 0 heterocycles. The first-order valence-corrected chi connectivity index (χ1v) is 5.04. The number of nitrogens with one attached hydrogen (secondary N) is 2. The Morgan fingerprint density at radius 2 is 1.72 bits per heavy atom. The van der Waals surface area contributed by atoms with Crippen molar-refractivity contribution in [2.24, 2.45) is 0 Å². The quantitative estimate of drug-likeness (QED) is 0.855. The summed E-state index contributed by atoms with van der Waals surface area (Å²) in [5, 5.41) is 3.43. The van der Waals surface area contributed by atoms with Gasteiger partial charge >= 0.3 is 18.1 Å². The molecule has 0 radical (unpaired) electrons. The second kappa shape index (κ2) is 5.52. The van der Waals surface area contributed by atoms with Gasteiger partial charge in [0.05, 0.1) is 6.04 Å². The van der Waals surface area contributed by atoms with Crippen molar-refractivity contribution >= 4 is 11.9 Å². The molecule has 4 nitrogen and oxygen atoms in total. The first-order chi connectivity index (χ1) is 8.30. The molecule has 1 aromatic rings. The zero-order valence-corrected chi connectivity index (χ0v) is 9.41. The van der Waals surface area contributed by atoms with E-state index in [1.165, 1.54) is 5.32 Å². The number of carbonyl (C=O) groups is 2. The topological polar surface area (TPSA) is 58.2 Å². The second-order valence-corrected chi connectivity index (χ2v) is 3.56. The van der Waals surface area contributed by atoms with E-state index in [9.17, 15) is 22.8 Å². The van der Waals surface area contributed by atoms with Gasteiger partial charge in [0.1, 0.15) is 0 Å². The minimum atomic E-state index is -5.08. The van der Waals surface area contributed by atoms with Crippen LogP contribution in [-0.4, -0.2) is 18.1 Å². The molecule has 2 N–H and O–H groups in total. The van der Waals surface area contributed by atoms with Gasteiger partial charge in [0, 0.05) is 0 Å². The lowest BCUT2D eigenvalue weighted by Gasteiger charge is -2.14. The monoisotopic (exact) mass is 260 g/mol. The molecule has 0 saturated carbocycles. The van der Waals surface area contributed by atoms with Crippen molar-refractivity contribution in [2.75, 3.05) is 0 Å². The van der Waals surface area contributed by atoms with Crippen molar-refractivity contribution in [1.82, 2.24) is 10.6 Å².